The molecule has 8 heteroatoms. The van der Waals surface area contributed by atoms with Crippen LogP contribution < -0.4 is 0 Å². The first kappa shape index (κ1) is 26.5. The number of hydrogen-bond donors (Lipinski definition) is 1. The second-order valence-corrected chi connectivity index (χ2v) is 10.7. The number of methoxy groups -OCH3 is 1. The van der Waals surface area contributed by atoms with Crippen molar-refractivity contribution in [2.45, 2.75) is 77.6 Å². The highest BCUT2D eigenvalue weighted by Gasteiger charge is 2.57. The van der Waals surface area contributed by atoms with Gasteiger partial charge in [0.1, 0.15) is 17.1 Å². The van der Waals surface area contributed by atoms with Gasteiger partial charge in [-0.1, -0.05) is 12.1 Å². The van der Waals surface area contributed by atoms with E-state index < -0.39 is 64.7 Å². The van der Waals surface area contributed by atoms with Gasteiger partial charge in [0.05, 0.1) is 24.2 Å². The second kappa shape index (κ2) is 9.25. The lowest BCUT2D eigenvalue weighted by Crippen LogP contribution is -2.56. The first-order valence-electron chi connectivity index (χ1n) is 10.9. The topological polar surface area (TPSA) is 116 Å². The van der Waals surface area contributed by atoms with Crippen LogP contribution in [0.15, 0.2) is 24.3 Å². The first-order valence-corrected chi connectivity index (χ1v) is 10.9. The fourth-order valence-corrected chi connectivity index (χ4v) is 4.11. The molecule has 1 aliphatic carbocycles. The molecule has 1 saturated carbocycles. The molecular formula is C25H34O8. The lowest BCUT2D eigenvalue weighted by Gasteiger charge is -2.44. The van der Waals surface area contributed by atoms with Crippen LogP contribution in [-0.4, -0.2) is 52.7 Å². The molecule has 4 atom stereocenters. The molecule has 33 heavy (non-hydrogen) atoms. The van der Waals surface area contributed by atoms with Crippen LogP contribution in [0.4, 0.5) is 0 Å². The lowest BCUT2D eigenvalue weighted by atomic mass is 9.61. The van der Waals surface area contributed by atoms with Crippen molar-refractivity contribution in [3.63, 3.8) is 0 Å². The Hall–Kier alpha value is -2.74. The Labute approximate surface area is 194 Å². The van der Waals surface area contributed by atoms with Gasteiger partial charge in [-0.25, -0.2) is 4.79 Å². The van der Waals surface area contributed by atoms with E-state index in [-0.39, 0.29) is 5.56 Å². The molecule has 0 aliphatic heterocycles. The predicted octanol–water partition coefficient (Wildman–Crippen LogP) is 3.20. The molecule has 1 fully saturated rings. The Bertz CT molecular complexity index is 915. The summed E-state index contributed by atoms with van der Waals surface area (Å²) in [6, 6.07) is 6.04. The average Bonchev–Trinajstić information content (AvgIpc) is 2.63. The Morgan fingerprint density at radius 3 is 1.88 bits per heavy atom. The Kier molecular flexibility index (Phi) is 7.43. The third-order valence-corrected chi connectivity index (χ3v) is 5.31. The van der Waals surface area contributed by atoms with Crippen LogP contribution >= 0.6 is 0 Å². The Morgan fingerprint density at radius 2 is 1.42 bits per heavy atom. The van der Waals surface area contributed by atoms with Crippen molar-refractivity contribution in [2.75, 3.05) is 7.11 Å². The number of rotatable bonds is 4. The fraction of sp³-hybridized carbons (Fsp3) is 0.600. The summed E-state index contributed by atoms with van der Waals surface area (Å²) in [7, 11) is 1.25. The molecule has 0 unspecified atom stereocenters. The maximum Gasteiger partial charge on any atom is 0.337 e. The number of ether oxygens (including phenoxy) is 3. The first-order chi connectivity index (χ1) is 15.0. The van der Waals surface area contributed by atoms with E-state index in [1.165, 1.54) is 26.2 Å². The van der Waals surface area contributed by atoms with Crippen molar-refractivity contribution in [1.29, 1.82) is 0 Å². The standard InChI is InChI=1S/C25H34O8/c1-23(2,3)32-21(28)18-16(26)13-25(7,30)19(22(29)33-24(4,5)6)17(18)14-9-11-15(12-10-14)20(27)31-8/h9-12,17-19,30H,13H2,1-8H3/t17-,18-,19-,25+/m1/s1. The Morgan fingerprint density at radius 1 is 0.939 bits per heavy atom. The van der Waals surface area contributed by atoms with Crippen LogP contribution in [0.25, 0.3) is 0 Å². The number of hydrogen-bond acceptors (Lipinski definition) is 8. The molecule has 0 aromatic heterocycles. The van der Waals surface area contributed by atoms with Crippen molar-refractivity contribution in [1.82, 2.24) is 0 Å². The molecule has 8 nitrogen and oxygen atoms in total. The van der Waals surface area contributed by atoms with Gasteiger partial charge >= 0.3 is 17.9 Å². The average molecular weight is 463 g/mol. The number of benzene rings is 1. The minimum absolute atomic E-state index is 0.262. The number of Topliss-reactive ketones (excluding diaryl/α,β-unsaturated/α-hetero) is 1. The summed E-state index contributed by atoms with van der Waals surface area (Å²) < 4.78 is 15.8. The van der Waals surface area contributed by atoms with Crippen molar-refractivity contribution < 1.29 is 38.5 Å². The van der Waals surface area contributed by atoms with E-state index in [1.807, 2.05) is 0 Å². The lowest BCUT2D eigenvalue weighted by molar-refractivity contribution is -0.182. The molecule has 0 bridgehead atoms. The van der Waals surface area contributed by atoms with Gasteiger partial charge in [0.25, 0.3) is 0 Å². The van der Waals surface area contributed by atoms with Gasteiger partial charge in [0.2, 0.25) is 0 Å². The van der Waals surface area contributed by atoms with Crippen LogP contribution in [0.1, 0.15) is 76.7 Å². The molecule has 1 aliphatic rings. The molecule has 0 heterocycles. The number of aliphatic hydroxyl groups is 1. The maximum atomic E-state index is 13.3. The van der Waals surface area contributed by atoms with E-state index in [9.17, 15) is 24.3 Å². The molecule has 0 radical (unpaired) electrons. The van der Waals surface area contributed by atoms with E-state index in [0.29, 0.717) is 5.56 Å². The zero-order chi connectivity index (χ0) is 25.4. The van der Waals surface area contributed by atoms with Gasteiger partial charge in [-0.15, -0.1) is 0 Å². The number of esters is 3. The van der Waals surface area contributed by atoms with Crippen LogP contribution in [0.3, 0.4) is 0 Å². The molecule has 0 saturated heterocycles. The fourth-order valence-electron chi connectivity index (χ4n) is 4.11. The van der Waals surface area contributed by atoms with E-state index in [2.05, 4.69) is 0 Å². The van der Waals surface area contributed by atoms with Crippen molar-refractivity contribution in [3.05, 3.63) is 35.4 Å². The number of carbonyl (C=O) groups excluding carboxylic acids is 4. The molecule has 1 aromatic rings. The van der Waals surface area contributed by atoms with Gasteiger partial charge in [-0.3, -0.25) is 14.4 Å². The highest BCUT2D eigenvalue weighted by Crippen LogP contribution is 2.47. The normalized spacial score (nSPS) is 25.8. The summed E-state index contributed by atoms with van der Waals surface area (Å²) in [5, 5.41) is 11.2. The largest absolute Gasteiger partial charge is 0.465 e. The SMILES string of the molecule is COC(=O)c1ccc([C@@H]2[C@H](C(=O)OC(C)(C)C)C(=O)C[C@](C)(O)[C@H]2C(=O)OC(C)(C)C)cc1. The maximum absolute atomic E-state index is 13.3. The van der Waals surface area contributed by atoms with E-state index in [0.717, 1.165) is 0 Å². The molecule has 2 rings (SSSR count). The highest BCUT2D eigenvalue weighted by atomic mass is 16.6. The summed E-state index contributed by atoms with van der Waals surface area (Å²) in [5.74, 6) is -6.20. The van der Waals surface area contributed by atoms with Gasteiger partial charge in [-0.2, -0.15) is 0 Å². The number of ketones is 1. The Balaban J connectivity index is 2.65. The third-order valence-electron chi connectivity index (χ3n) is 5.31. The van der Waals surface area contributed by atoms with Crippen LogP contribution in [0.2, 0.25) is 0 Å². The summed E-state index contributed by atoms with van der Waals surface area (Å²) in [4.78, 5) is 51.4. The van der Waals surface area contributed by atoms with Gasteiger partial charge in [-0.05, 0) is 66.2 Å². The smallest absolute Gasteiger partial charge is 0.337 e. The van der Waals surface area contributed by atoms with Crippen molar-refractivity contribution in [2.24, 2.45) is 11.8 Å². The van der Waals surface area contributed by atoms with Gasteiger partial charge in [0, 0.05) is 12.3 Å². The van der Waals surface area contributed by atoms with E-state index in [1.54, 1.807) is 53.7 Å². The van der Waals surface area contributed by atoms with E-state index >= 15 is 0 Å². The van der Waals surface area contributed by atoms with Gasteiger partial charge in [0.15, 0.2) is 5.78 Å². The summed E-state index contributed by atoms with van der Waals surface area (Å²) in [6.07, 6.45) is -0.405. The molecule has 0 amide bonds. The van der Waals surface area contributed by atoms with Gasteiger partial charge < -0.3 is 19.3 Å². The molecule has 0 spiro atoms. The molecular weight excluding hydrogens is 428 g/mol. The van der Waals surface area contributed by atoms with Crippen LogP contribution in [0.5, 0.6) is 0 Å². The zero-order valence-electron chi connectivity index (χ0n) is 20.6. The zero-order valence-corrected chi connectivity index (χ0v) is 20.6. The second-order valence-electron chi connectivity index (χ2n) is 10.7. The van der Waals surface area contributed by atoms with Crippen molar-refractivity contribution >= 4 is 23.7 Å². The molecule has 1 aromatic carbocycles. The minimum Gasteiger partial charge on any atom is -0.465 e. The van der Waals surface area contributed by atoms with E-state index in [4.69, 9.17) is 14.2 Å². The number of carbonyl (C=O) groups is 4. The molecule has 1 N–H and O–H groups in total. The van der Waals surface area contributed by atoms with Crippen LogP contribution in [0, 0.1) is 11.8 Å². The summed E-state index contributed by atoms with van der Waals surface area (Å²) >= 11 is 0. The quantitative estimate of drug-likeness (QED) is 0.412. The minimum atomic E-state index is -1.76. The summed E-state index contributed by atoms with van der Waals surface area (Å²) in [6.45, 7) is 11.5. The van der Waals surface area contributed by atoms with Crippen LogP contribution in [-0.2, 0) is 28.6 Å². The molecule has 182 valence electrons. The third kappa shape index (κ3) is 6.41. The summed E-state index contributed by atoms with van der Waals surface area (Å²) in [5.41, 5.74) is -2.79. The van der Waals surface area contributed by atoms with Crippen molar-refractivity contribution in [3.8, 4) is 0 Å². The predicted molar refractivity (Wildman–Crippen MR) is 119 cm³/mol. The highest BCUT2D eigenvalue weighted by molar-refractivity contribution is 6.03. The monoisotopic (exact) mass is 462 g/mol.